The second-order valence-corrected chi connectivity index (χ2v) is 6.92. The number of aromatic nitrogens is 2. The summed E-state index contributed by atoms with van der Waals surface area (Å²) in [7, 11) is 1.58. The van der Waals surface area contributed by atoms with Crippen LogP contribution in [0.15, 0.2) is 48.5 Å². The number of urea groups is 1. The van der Waals surface area contributed by atoms with Gasteiger partial charge in [-0.1, -0.05) is 24.3 Å². The number of imide groups is 1. The van der Waals surface area contributed by atoms with Crippen molar-refractivity contribution in [3.8, 4) is 5.75 Å². The largest absolute Gasteiger partial charge is 0.497 e. The lowest BCUT2D eigenvalue weighted by Gasteiger charge is -2.22. The Morgan fingerprint density at radius 1 is 1.04 bits per heavy atom. The fourth-order valence-electron chi connectivity index (χ4n) is 3.38. The van der Waals surface area contributed by atoms with Crippen LogP contribution in [-0.2, 0) is 16.9 Å². The molecule has 1 aliphatic heterocycles. The van der Waals surface area contributed by atoms with Crippen LogP contribution in [0.4, 0.5) is 4.79 Å². The van der Waals surface area contributed by atoms with Crippen LogP contribution in [0.25, 0.3) is 11.0 Å². The number of rotatable bonds is 4. The molecule has 1 atom stereocenters. The van der Waals surface area contributed by atoms with Gasteiger partial charge in [-0.05, 0) is 43.7 Å². The number of hydrogen-bond acceptors (Lipinski definition) is 5. The predicted molar refractivity (Wildman–Crippen MR) is 104 cm³/mol. The Bertz CT molecular complexity index is 1080. The summed E-state index contributed by atoms with van der Waals surface area (Å²) in [6.07, 6.45) is 0. The number of aryl methyl sites for hydroxylation is 1. The third kappa shape index (κ3) is 2.85. The first-order chi connectivity index (χ1) is 13.4. The summed E-state index contributed by atoms with van der Waals surface area (Å²) in [4.78, 5) is 36.1. The van der Waals surface area contributed by atoms with E-state index in [4.69, 9.17) is 4.74 Å². The summed E-state index contributed by atoms with van der Waals surface area (Å²) in [5.74, 6) is 0.361. The minimum Gasteiger partial charge on any atom is -0.497 e. The van der Waals surface area contributed by atoms with E-state index in [0.717, 1.165) is 11.0 Å². The van der Waals surface area contributed by atoms with Crippen LogP contribution in [0.5, 0.6) is 5.75 Å². The van der Waals surface area contributed by atoms with E-state index in [1.54, 1.807) is 38.3 Å². The van der Waals surface area contributed by atoms with Crippen molar-refractivity contribution in [2.45, 2.75) is 25.9 Å². The Kier molecular flexibility index (Phi) is 4.22. The molecule has 1 N–H and O–H groups in total. The zero-order valence-electron chi connectivity index (χ0n) is 15.9. The third-order valence-corrected chi connectivity index (χ3v) is 5.09. The molecule has 1 aliphatic rings. The highest BCUT2D eigenvalue weighted by molar-refractivity contribution is 6.07. The molecule has 2 aromatic carbocycles. The molecule has 7 nitrogen and oxygen atoms in total. The monoisotopic (exact) mass is 376 g/mol. The summed E-state index contributed by atoms with van der Waals surface area (Å²) in [5.41, 5.74) is 2.35. The maximum atomic E-state index is 13.1. The normalized spacial score (nSPS) is 19.2. The van der Waals surface area contributed by atoms with Gasteiger partial charge in [-0.25, -0.2) is 14.8 Å². The smallest absolute Gasteiger partial charge is 0.325 e. The number of hydrogen-bond donors (Lipinski definition) is 1. The predicted octanol–water partition coefficient (Wildman–Crippen LogP) is 2.91. The summed E-state index contributed by atoms with van der Waals surface area (Å²) in [6.45, 7) is 3.60. The molecule has 3 amide bonds. The van der Waals surface area contributed by atoms with Gasteiger partial charge in [-0.2, -0.15) is 0 Å². The number of para-hydroxylation sites is 2. The van der Waals surface area contributed by atoms with Crippen LogP contribution < -0.4 is 10.1 Å². The van der Waals surface area contributed by atoms with Gasteiger partial charge in [-0.3, -0.25) is 9.69 Å². The van der Waals surface area contributed by atoms with Gasteiger partial charge in [0.25, 0.3) is 5.91 Å². The van der Waals surface area contributed by atoms with E-state index in [-0.39, 0.29) is 12.5 Å². The van der Waals surface area contributed by atoms with E-state index in [0.29, 0.717) is 22.7 Å². The average Bonchev–Trinajstić information content (AvgIpc) is 2.92. The number of nitrogens with one attached hydrogen (secondary N) is 1. The van der Waals surface area contributed by atoms with Gasteiger partial charge in [-0.15, -0.1) is 0 Å². The summed E-state index contributed by atoms with van der Waals surface area (Å²) < 4.78 is 5.16. The maximum Gasteiger partial charge on any atom is 0.325 e. The first kappa shape index (κ1) is 17.9. The SMILES string of the molecule is COc1ccc(C2(C)NC(=O)N(Cc3nc4ccccc4nc3C)C2=O)cc1. The average molecular weight is 376 g/mol. The van der Waals surface area contributed by atoms with E-state index in [2.05, 4.69) is 15.3 Å². The molecule has 0 saturated carbocycles. The molecule has 1 unspecified atom stereocenters. The molecule has 28 heavy (non-hydrogen) atoms. The highest BCUT2D eigenvalue weighted by Crippen LogP contribution is 2.31. The summed E-state index contributed by atoms with van der Waals surface area (Å²) >= 11 is 0. The number of methoxy groups -OCH3 is 1. The Morgan fingerprint density at radius 2 is 1.68 bits per heavy atom. The summed E-state index contributed by atoms with van der Waals surface area (Å²) in [5, 5.41) is 2.81. The highest BCUT2D eigenvalue weighted by atomic mass is 16.5. The second-order valence-electron chi connectivity index (χ2n) is 6.92. The fraction of sp³-hybridized carbons (Fsp3) is 0.238. The molecule has 1 saturated heterocycles. The molecule has 0 bridgehead atoms. The lowest BCUT2D eigenvalue weighted by molar-refractivity contribution is -0.131. The number of amides is 3. The Morgan fingerprint density at radius 3 is 2.32 bits per heavy atom. The van der Waals surface area contributed by atoms with Gasteiger partial charge >= 0.3 is 6.03 Å². The Balaban J connectivity index is 1.65. The molecule has 1 aromatic heterocycles. The van der Waals surface area contributed by atoms with Crippen molar-refractivity contribution < 1.29 is 14.3 Å². The molecule has 7 heteroatoms. The second kappa shape index (κ2) is 6.60. The van der Waals surface area contributed by atoms with Crippen molar-refractivity contribution in [1.82, 2.24) is 20.2 Å². The number of fused-ring (bicyclic) bond motifs is 1. The topological polar surface area (TPSA) is 84.4 Å². The van der Waals surface area contributed by atoms with Crippen LogP contribution in [0, 0.1) is 6.92 Å². The van der Waals surface area contributed by atoms with E-state index in [9.17, 15) is 9.59 Å². The van der Waals surface area contributed by atoms with Crippen LogP contribution in [0.2, 0.25) is 0 Å². The van der Waals surface area contributed by atoms with Gasteiger partial charge in [0.15, 0.2) is 0 Å². The molecular formula is C21H20N4O3. The first-order valence-electron chi connectivity index (χ1n) is 8.93. The van der Waals surface area contributed by atoms with Gasteiger partial charge < -0.3 is 10.1 Å². The Hall–Kier alpha value is -3.48. The zero-order valence-corrected chi connectivity index (χ0v) is 15.9. The lowest BCUT2D eigenvalue weighted by Crippen LogP contribution is -2.40. The van der Waals surface area contributed by atoms with Crippen LogP contribution in [-0.4, -0.2) is 33.9 Å². The molecule has 4 rings (SSSR count). The van der Waals surface area contributed by atoms with Gasteiger partial charge in [0.1, 0.15) is 11.3 Å². The van der Waals surface area contributed by atoms with Crippen molar-refractivity contribution in [2.75, 3.05) is 7.11 Å². The van der Waals surface area contributed by atoms with Crippen molar-refractivity contribution in [2.24, 2.45) is 0 Å². The van der Waals surface area contributed by atoms with Crippen LogP contribution in [0.1, 0.15) is 23.9 Å². The fourth-order valence-corrected chi connectivity index (χ4v) is 3.38. The Labute approximate surface area is 162 Å². The number of benzene rings is 2. The van der Waals surface area contributed by atoms with Gasteiger partial charge in [0, 0.05) is 0 Å². The van der Waals surface area contributed by atoms with Crippen LogP contribution >= 0.6 is 0 Å². The molecule has 0 spiro atoms. The number of ether oxygens (including phenoxy) is 1. The summed E-state index contributed by atoms with van der Waals surface area (Å²) in [6, 6.07) is 14.2. The zero-order chi connectivity index (χ0) is 19.9. The van der Waals surface area contributed by atoms with E-state index >= 15 is 0 Å². The standard InChI is InChI=1S/C21H20N4O3/c1-13-18(23-17-7-5-4-6-16(17)22-13)12-25-19(26)21(2,24-20(25)27)14-8-10-15(28-3)11-9-14/h4-11H,12H2,1-3H3,(H,24,27). The van der Waals surface area contributed by atoms with Crippen molar-refractivity contribution >= 4 is 23.0 Å². The molecule has 1 fully saturated rings. The van der Waals surface area contributed by atoms with Gasteiger partial charge in [0.2, 0.25) is 0 Å². The lowest BCUT2D eigenvalue weighted by atomic mass is 9.92. The first-order valence-corrected chi connectivity index (χ1v) is 8.93. The van der Waals surface area contributed by atoms with Crippen LogP contribution in [0.3, 0.4) is 0 Å². The molecule has 142 valence electrons. The number of carbonyl (C=O) groups excluding carboxylic acids is 2. The molecular weight excluding hydrogens is 356 g/mol. The van der Waals surface area contributed by atoms with Crippen molar-refractivity contribution in [3.05, 3.63) is 65.5 Å². The minimum atomic E-state index is -1.14. The third-order valence-electron chi connectivity index (χ3n) is 5.09. The van der Waals surface area contributed by atoms with Gasteiger partial charge in [0.05, 0.1) is 36.1 Å². The van der Waals surface area contributed by atoms with E-state index in [1.165, 1.54) is 4.90 Å². The van der Waals surface area contributed by atoms with E-state index in [1.807, 2.05) is 31.2 Å². The molecule has 0 radical (unpaired) electrons. The van der Waals surface area contributed by atoms with E-state index < -0.39 is 11.6 Å². The van der Waals surface area contributed by atoms with Crippen molar-refractivity contribution in [3.63, 3.8) is 0 Å². The molecule has 2 heterocycles. The minimum absolute atomic E-state index is 0.0695. The highest BCUT2D eigenvalue weighted by Gasteiger charge is 2.49. The van der Waals surface area contributed by atoms with Crippen molar-refractivity contribution in [1.29, 1.82) is 0 Å². The maximum absolute atomic E-state index is 13.1. The quantitative estimate of drug-likeness (QED) is 0.708. The number of carbonyl (C=O) groups is 2. The molecule has 3 aromatic rings. The number of nitrogens with zero attached hydrogens (tertiary/aromatic N) is 3. The molecule has 0 aliphatic carbocycles.